The van der Waals surface area contributed by atoms with Crippen LogP contribution in [0.3, 0.4) is 0 Å². The fourth-order valence-corrected chi connectivity index (χ4v) is 0.645. The maximum Gasteiger partial charge on any atom is 0.121 e. The molecule has 0 aromatic heterocycles. The third-order valence-corrected chi connectivity index (χ3v) is 1.59. The van der Waals surface area contributed by atoms with Crippen LogP contribution in [-0.4, -0.2) is 6.17 Å². The van der Waals surface area contributed by atoms with Crippen LogP contribution in [0.4, 0.5) is 8.78 Å². The molecule has 0 amide bonds. The topological polar surface area (TPSA) is 0 Å². The van der Waals surface area contributed by atoms with Crippen LogP contribution in [0.25, 0.3) is 0 Å². The molecule has 0 heterocycles. The standard InChI is InChI=1S/C10H14F2/c1-4-5-6-7-10(12)8(2)9(3)11/h4-6,9H,1,7H2,2-3H3/b6-5-,10-8+. The second-order valence-corrected chi connectivity index (χ2v) is 2.57. The first-order chi connectivity index (χ1) is 5.59. The number of rotatable bonds is 4. The molecule has 1 atom stereocenters. The molecule has 0 aliphatic heterocycles. The molecule has 2 heteroatoms. The first-order valence-corrected chi connectivity index (χ1v) is 3.86. The molecule has 0 bridgehead atoms. The number of halogens is 2. The average molecular weight is 172 g/mol. The molecule has 1 unspecified atom stereocenters. The van der Waals surface area contributed by atoms with Gasteiger partial charge >= 0.3 is 0 Å². The summed E-state index contributed by atoms with van der Waals surface area (Å²) in [5, 5.41) is 0. The molecule has 0 saturated heterocycles. The maximum atomic E-state index is 12.9. The predicted molar refractivity (Wildman–Crippen MR) is 48.3 cm³/mol. The molecule has 0 aliphatic rings. The molecule has 0 fully saturated rings. The molecule has 0 aromatic carbocycles. The lowest BCUT2D eigenvalue weighted by Crippen LogP contribution is -1.96. The first kappa shape index (κ1) is 11.1. The van der Waals surface area contributed by atoms with E-state index < -0.39 is 12.0 Å². The van der Waals surface area contributed by atoms with Crippen molar-refractivity contribution in [3.63, 3.8) is 0 Å². The van der Waals surface area contributed by atoms with Gasteiger partial charge in [-0.05, 0) is 19.4 Å². The summed E-state index contributed by atoms with van der Waals surface area (Å²) in [7, 11) is 0. The molecule has 0 spiro atoms. The molecule has 0 aliphatic carbocycles. The molecule has 0 nitrogen and oxygen atoms in total. The van der Waals surface area contributed by atoms with Crippen LogP contribution in [0.1, 0.15) is 20.3 Å². The highest BCUT2D eigenvalue weighted by molar-refractivity contribution is 5.13. The molecule has 0 rings (SSSR count). The summed E-state index contributed by atoms with van der Waals surface area (Å²) in [5.41, 5.74) is 0.170. The Balaban J connectivity index is 4.17. The van der Waals surface area contributed by atoms with Crippen LogP contribution in [0.5, 0.6) is 0 Å². The fraction of sp³-hybridized carbons (Fsp3) is 0.400. The van der Waals surface area contributed by atoms with Crippen molar-refractivity contribution in [3.8, 4) is 0 Å². The Morgan fingerprint density at radius 1 is 1.58 bits per heavy atom. The van der Waals surface area contributed by atoms with E-state index in [9.17, 15) is 8.78 Å². The van der Waals surface area contributed by atoms with E-state index in [0.717, 1.165) is 0 Å². The van der Waals surface area contributed by atoms with E-state index in [2.05, 4.69) is 6.58 Å². The van der Waals surface area contributed by atoms with E-state index in [1.165, 1.54) is 13.8 Å². The SMILES string of the molecule is C=C/C=C\C/C(F)=C(/C)C(C)F. The van der Waals surface area contributed by atoms with Gasteiger partial charge in [0.05, 0.1) is 0 Å². The van der Waals surface area contributed by atoms with Crippen molar-refractivity contribution >= 4 is 0 Å². The minimum absolute atomic E-state index is 0.145. The van der Waals surface area contributed by atoms with Crippen LogP contribution >= 0.6 is 0 Å². The zero-order valence-corrected chi connectivity index (χ0v) is 7.48. The first-order valence-electron chi connectivity index (χ1n) is 3.86. The van der Waals surface area contributed by atoms with Crippen LogP contribution in [0.2, 0.25) is 0 Å². The van der Waals surface area contributed by atoms with Crippen molar-refractivity contribution in [1.82, 2.24) is 0 Å². The molecule has 12 heavy (non-hydrogen) atoms. The van der Waals surface area contributed by atoms with E-state index in [0.29, 0.717) is 0 Å². The van der Waals surface area contributed by atoms with E-state index in [-0.39, 0.29) is 12.0 Å². The monoisotopic (exact) mass is 172 g/mol. The average Bonchev–Trinajstić information content (AvgIpc) is 2.03. The molecule has 0 radical (unpaired) electrons. The van der Waals surface area contributed by atoms with E-state index in [4.69, 9.17) is 0 Å². The van der Waals surface area contributed by atoms with Gasteiger partial charge < -0.3 is 0 Å². The second kappa shape index (κ2) is 5.70. The molecular formula is C10H14F2. The molecular weight excluding hydrogens is 158 g/mol. The van der Waals surface area contributed by atoms with Gasteiger partial charge in [-0.3, -0.25) is 0 Å². The molecule has 0 N–H and O–H groups in total. The van der Waals surface area contributed by atoms with E-state index in [1.807, 2.05) is 0 Å². The summed E-state index contributed by atoms with van der Waals surface area (Å²) >= 11 is 0. The lowest BCUT2D eigenvalue weighted by Gasteiger charge is -2.02. The van der Waals surface area contributed by atoms with Gasteiger partial charge in [-0.1, -0.05) is 24.8 Å². The fourth-order valence-electron chi connectivity index (χ4n) is 0.645. The zero-order valence-electron chi connectivity index (χ0n) is 7.48. The minimum Gasteiger partial charge on any atom is -0.243 e. The van der Waals surface area contributed by atoms with Gasteiger partial charge in [-0.25, -0.2) is 8.78 Å². The molecule has 0 aromatic rings. The van der Waals surface area contributed by atoms with Gasteiger partial charge in [-0.2, -0.15) is 0 Å². The van der Waals surface area contributed by atoms with Crippen molar-refractivity contribution in [2.75, 3.05) is 0 Å². The molecule has 68 valence electrons. The van der Waals surface area contributed by atoms with Crippen molar-refractivity contribution in [2.45, 2.75) is 26.4 Å². The van der Waals surface area contributed by atoms with Crippen LogP contribution in [-0.2, 0) is 0 Å². The summed E-state index contributed by atoms with van der Waals surface area (Å²) in [6.07, 6.45) is 3.74. The Kier molecular flexibility index (Phi) is 5.26. The Morgan fingerprint density at radius 3 is 2.58 bits per heavy atom. The highest BCUT2D eigenvalue weighted by Crippen LogP contribution is 2.16. The van der Waals surface area contributed by atoms with E-state index >= 15 is 0 Å². The second-order valence-electron chi connectivity index (χ2n) is 2.57. The number of hydrogen-bond acceptors (Lipinski definition) is 0. The van der Waals surface area contributed by atoms with Crippen molar-refractivity contribution in [3.05, 3.63) is 36.2 Å². The van der Waals surface area contributed by atoms with Gasteiger partial charge in [0.15, 0.2) is 0 Å². The summed E-state index contributed by atoms with van der Waals surface area (Å²) in [6, 6.07) is 0. The van der Waals surface area contributed by atoms with E-state index in [1.54, 1.807) is 18.2 Å². The normalized spacial score (nSPS) is 16.0. The quantitative estimate of drug-likeness (QED) is 0.567. The lowest BCUT2D eigenvalue weighted by atomic mass is 10.1. The van der Waals surface area contributed by atoms with Gasteiger partial charge in [0.25, 0.3) is 0 Å². The summed E-state index contributed by atoms with van der Waals surface area (Å²) in [4.78, 5) is 0. The number of allylic oxidation sites excluding steroid dienone is 5. The minimum atomic E-state index is -1.21. The number of hydrogen-bond donors (Lipinski definition) is 0. The highest BCUT2D eigenvalue weighted by atomic mass is 19.1. The summed E-state index contributed by atoms with van der Waals surface area (Å²) in [6.45, 7) is 6.22. The van der Waals surface area contributed by atoms with Crippen LogP contribution < -0.4 is 0 Å². The lowest BCUT2D eigenvalue weighted by molar-refractivity contribution is 0.398. The Hall–Kier alpha value is -0.920. The van der Waals surface area contributed by atoms with Gasteiger partial charge in [0.1, 0.15) is 12.0 Å². The predicted octanol–water partition coefficient (Wildman–Crippen LogP) is 3.72. The van der Waals surface area contributed by atoms with Gasteiger partial charge in [-0.15, -0.1) is 0 Å². The highest BCUT2D eigenvalue weighted by Gasteiger charge is 2.06. The van der Waals surface area contributed by atoms with Gasteiger partial charge in [0.2, 0.25) is 0 Å². The number of alkyl halides is 1. The smallest absolute Gasteiger partial charge is 0.121 e. The van der Waals surface area contributed by atoms with Crippen LogP contribution in [0, 0.1) is 0 Å². The summed E-state index contributed by atoms with van der Waals surface area (Å²) in [5.74, 6) is -0.400. The Labute approximate surface area is 72.3 Å². The third kappa shape index (κ3) is 4.06. The van der Waals surface area contributed by atoms with Crippen molar-refractivity contribution in [2.24, 2.45) is 0 Å². The Morgan fingerprint density at radius 2 is 2.17 bits per heavy atom. The van der Waals surface area contributed by atoms with Crippen molar-refractivity contribution in [1.29, 1.82) is 0 Å². The third-order valence-electron chi connectivity index (χ3n) is 1.59. The van der Waals surface area contributed by atoms with Crippen molar-refractivity contribution < 1.29 is 8.78 Å². The maximum absolute atomic E-state index is 12.9. The largest absolute Gasteiger partial charge is 0.243 e. The van der Waals surface area contributed by atoms with Crippen LogP contribution in [0.15, 0.2) is 36.2 Å². The zero-order chi connectivity index (χ0) is 9.56. The summed E-state index contributed by atoms with van der Waals surface area (Å²) < 4.78 is 25.4. The Bertz CT molecular complexity index is 200. The van der Waals surface area contributed by atoms with Gasteiger partial charge in [0, 0.05) is 6.42 Å². The molecule has 0 saturated carbocycles.